The van der Waals surface area contributed by atoms with Crippen LogP contribution in [0.2, 0.25) is 0 Å². The normalized spacial score (nSPS) is 8.29. The summed E-state index contributed by atoms with van der Waals surface area (Å²) in [6.07, 6.45) is 0. The lowest BCUT2D eigenvalue weighted by Crippen LogP contribution is -1.96. The Kier molecular flexibility index (Phi) is 15.9. The number of carbonyl (C=O) groups is 2. The molecule has 0 N–H and O–H groups in total. The molecule has 0 unspecified atom stereocenters. The van der Waals surface area contributed by atoms with Gasteiger partial charge in [0.05, 0.1) is 5.88 Å². The Balaban J connectivity index is 0. The van der Waals surface area contributed by atoms with Gasteiger partial charge in [0.25, 0.3) is 0 Å². The van der Waals surface area contributed by atoms with Crippen LogP contribution >= 0.6 is 50.7 Å². The van der Waals surface area contributed by atoms with Crippen molar-refractivity contribution >= 4 is 61.6 Å². The number of alkyl halides is 2. The van der Waals surface area contributed by atoms with E-state index in [1.807, 2.05) is 0 Å². The molecule has 0 fully saturated rings. The van der Waals surface area contributed by atoms with E-state index in [4.69, 9.17) is 34.8 Å². The second-order valence-electron chi connectivity index (χ2n) is 1.55. The van der Waals surface area contributed by atoms with Crippen LogP contribution in [-0.2, 0) is 9.47 Å². The fourth-order valence-electron chi connectivity index (χ4n) is 0.238. The molecule has 0 spiro atoms. The van der Waals surface area contributed by atoms with Gasteiger partial charge in [0.2, 0.25) is 0 Å². The molecule has 8 heteroatoms. The summed E-state index contributed by atoms with van der Waals surface area (Å²) in [5.74, 6) is 0.290. The van der Waals surface area contributed by atoms with Crippen molar-refractivity contribution in [3.8, 4) is 0 Å². The first-order chi connectivity index (χ1) is 6.54. The Labute approximate surface area is 105 Å². The van der Waals surface area contributed by atoms with E-state index in [-0.39, 0.29) is 6.61 Å². The molecular formula is C6H8BrCl3O4. The SMILES string of the molecule is O=C(Cl)OCCBr.O=C(Cl)OCCCl. The molecule has 0 aromatic heterocycles. The van der Waals surface area contributed by atoms with Gasteiger partial charge in [-0.25, -0.2) is 9.59 Å². The van der Waals surface area contributed by atoms with Gasteiger partial charge in [0, 0.05) is 28.5 Å². The number of carbonyl (C=O) groups excluding carboxylic acids is 2. The van der Waals surface area contributed by atoms with E-state index in [0.29, 0.717) is 17.8 Å². The number of ether oxygens (including phenoxy) is 2. The predicted molar refractivity (Wildman–Crippen MR) is 58.9 cm³/mol. The first kappa shape index (κ1) is 16.7. The molecule has 0 bridgehead atoms. The Morgan fingerprint density at radius 3 is 1.64 bits per heavy atom. The van der Waals surface area contributed by atoms with E-state index < -0.39 is 10.9 Å². The highest BCUT2D eigenvalue weighted by Crippen LogP contribution is 1.87. The molecule has 84 valence electrons. The van der Waals surface area contributed by atoms with Gasteiger partial charge < -0.3 is 9.47 Å². The topological polar surface area (TPSA) is 52.6 Å². The fourth-order valence-corrected chi connectivity index (χ4v) is 0.631. The average molecular weight is 330 g/mol. The number of hydrogen-bond donors (Lipinski definition) is 0. The molecule has 0 aliphatic heterocycles. The minimum atomic E-state index is -0.805. The molecule has 0 atom stereocenters. The van der Waals surface area contributed by atoms with Crippen LogP contribution in [0.25, 0.3) is 0 Å². The summed E-state index contributed by atoms with van der Waals surface area (Å²) in [6.45, 7) is 0.520. The molecule has 0 heterocycles. The predicted octanol–water partition coefficient (Wildman–Crippen LogP) is 3.36. The van der Waals surface area contributed by atoms with Crippen LogP contribution in [0.4, 0.5) is 9.59 Å². The Morgan fingerprint density at radius 2 is 1.50 bits per heavy atom. The zero-order valence-corrected chi connectivity index (χ0v) is 10.8. The van der Waals surface area contributed by atoms with E-state index in [0.717, 1.165) is 0 Å². The molecule has 0 saturated heterocycles. The van der Waals surface area contributed by atoms with Crippen molar-refractivity contribution in [1.82, 2.24) is 0 Å². The molecule has 4 nitrogen and oxygen atoms in total. The lowest BCUT2D eigenvalue weighted by molar-refractivity contribution is 0.180. The second kappa shape index (κ2) is 13.3. The molecule has 0 rings (SSSR count). The first-order valence-electron chi connectivity index (χ1n) is 3.31. The third-order valence-electron chi connectivity index (χ3n) is 0.585. The molecule has 0 aliphatic carbocycles. The zero-order chi connectivity index (χ0) is 11.4. The van der Waals surface area contributed by atoms with Gasteiger partial charge in [-0.1, -0.05) is 15.9 Å². The summed E-state index contributed by atoms with van der Waals surface area (Å²) in [4.78, 5) is 19.4. The highest BCUT2D eigenvalue weighted by Gasteiger charge is 1.90. The maximum Gasteiger partial charge on any atom is 0.403 e. The largest absolute Gasteiger partial charge is 0.453 e. The quantitative estimate of drug-likeness (QED) is 0.586. The van der Waals surface area contributed by atoms with Crippen molar-refractivity contribution in [3.63, 3.8) is 0 Å². The van der Waals surface area contributed by atoms with Crippen molar-refractivity contribution in [2.24, 2.45) is 0 Å². The van der Waals surface area contributed by atoms with Crippen LogP contribution in [0.15, 0.2) is 0 Å². The smallest absolute Gasteiger partial charge is 0.403 e. The summed E-state index contributed by atoms with van der Waals surface area (Å²) < 4.78 is 8.46. The number of halogens is 4. The summed E-state index contributed by atoms with van der Waals surface area (Å²) in [5, 5.41) is 0.630. The Morgan fingerprint density at radius 1 is 1.07 bits per heavy atom. The van der Waals surface area contributed by atoms with Crippen molar-refractivity contribution in [3.05, 3.63) is 0 Å². The summed E-state index contributed by atoms with van der Waals surface area (Å²) in [6, 6.07) is 0. The number of hydrogen-bond acceptors (Lipinski definition) is 4. The van der Waals surface area contributed by atoms with Gasteiger partial charge in [-0.05, 0) is 0 Å². The highest BCUT2D eigenvalue weighted by molar-refractivity contribution is 9.09. The third kappa shape index (κ3) is 22.8. The van der Waals surface area contributed by atoms with Crippen LogP contribution in [-0.4, -0.2) is 35.3 Å². The molecule has 0 saturated carbocycles. The van der Waals surface area contributed by atoms with E-state index in [2.05, 4.69) is 25.4 Å². The van der Waals surface area contributed by atoms with E-state index in [1.165, 1.54) is 0 Å². The van der Waals surface area contributed by atoms with Crippen LogP contribution < -0.4 is 0 Å². The zero-order valence-electron chi connectivity index (χ0n) is 6.97. The lowest BCUT2D eigenvalue weighted by Gasteiger charge is -1.90. The van der Waals surface area contributed by atoms with Gasteiger partial charge in [-0.3, -0.25) is 0 Å². The highest BCUT2D eigenvalue weighted by atomic mass is 79.9. The van der Waals surface area contributed by atoms with Gasteiger partial charge >= 0.3 is 10.9 Å². The second-order valence-corrected chi connectivity index (χ2v) is 3.34. The lowest BCUT2D eigenvalue weighted by atomic mass is 10.9. The monoisotopic (exact) mass is 328 g/mol. The van der Waals surface area contributed by atoms with Crippen molar-refractivity contribution in [2.45, 2.75) is 0 Å². The standard InChI is InChI=1S/C3H4BrClO2.C3H4Cl2O2/c2*4-1-2-7-3(5)6/h2*1-2H2. The average Bonchev–Trinajstić information content (AvgIpc) is 2.12. The molecule has 14 heavy (non-hydrogen) atoms. The maximum atomic E-state index is 9.73. The molecule has 0 aromatic rings. The van der Waals surface area contributed by atoms with E-state index in [9.17, 15) is 9.59 Å². The summed E-state index contributed by atoms with van der Waals surface area (Å²) in [5.41, 5.74) is -1.56. The Bertz CT molecular complexity index is 149. The van der Waals surface area contributed by atoms with Gasteiger partial charge in [-0.15, -0.1) is 11.6 Å². The molecule has 0 aliphatic rings. The van der Waals surface area contributed by atoms with Gasteiger partial charge in [-0.2, -0.15) is 0 Å². The Hall–Kier alpha value is 0.290. The summed E-state index contributed by atoms with van der Waals surface area (Å²) >= 11 is 17.7. The van der Waals surface area contributed by atoms with Crippen LogP contribution in [0.5, 0.6) is 0 Å². The minimum absolute atomic E-state index is 0.184. The van der Waals surface area contributed by atoms with Crippen molar-refractivity contribution in [1.29, 1.82) is 0 Å². The fraction of sp³-hybridized carbons (Fsp3) is 0.667. The van der Waals surface area contributed by atoms with Crippen molar-refractivity contribution in [2.75, 3.05) is 24.4 Å². The van der Waals surface area contributed by atoms with Crippen LogP contribution in [0, 0.1) is 0 Å². The molecule has 0 radical (unpaired) electrons. The first-order valence-corrected chi connectivity index (χ1v) is 5.72. The molecule has 0 amide bonds. The molecule has 0 aromatic carbocycles. The maximum absolute atomic E-state index is 9.73. The summed E-state index contributed by atoms with van der Waals surface area (Å²) in [7, 11) is 0. The van der Waals surface area contributed by atoms with Gasteiger partial charge in [0.1, 0.15) is 13.2 Å². The van der Waals surface area contributed by atoms with Gasteiger partial charge in [0.15, 0.2) is 0 Å². The van der Waals surface area contributed by atoms with Crippen LogP contribution in [0.1, 0.15) is 0 Å². The minimum Gasteiger partial charge on any atom is -0.453 e. The molecular weight excluding hydrogens is 322 g/mol. The third-order valence-corrected chi connectivity index (χ3v) is 1.28. The van der Waals surface area contributed by atoms with Crippen LogP contribution in [0.3, 0.4) is 0 Å². The van der Waals surface area contributed by atoms with E-state index in [1.54, 1.807) is 0 Å². The van der Waals surface area contributed by atoms with Crippen molar-refractivity contribution < 1.29 is 19.1 Å². The van der Waals surface area contributed by atoms with E-state index >= 15 is 0 Å². The number of rotatable bonds is 4.